The van der Waals surface area contributed by atoms with Gasteiger partial charge in [-0.1, -0.05) is 35.5 Å². The Morgan fingerprint density at radius 3 is 2.59 bits per heavy atom. The van der Waals surface area contributed by atoms with Gasteiger partial charge in [-0.15, -0.1) is 0 Å². The van der Waals surface area contributed by atoms with Crippen molar-refractivity contribution in [3.8, 4) is 17.6 Å². The molecular formula is C22H20N4O5S3. The van der Waals surface area contributed by atoms with Gasteiger partial charge in [-0.2, -0.15) is 23.0 Å². The fourth-order valence-electron chi connectivity index (χ4n) is 2.65. The number of nitriles is 1. The predicted octanol–water partition coefficient (Wildman–Crippen LogP) is 4.28. The number of aromatic nitrogens is 2. The molecule has 0 saturated carbocycles. The summed E-state index contributed by atoms with van der Waals surface area (Å²) in [6, 6.07) is 12.5. The first kappa shape index (κ1) is 25.2. The topological polar surface area (TPSA) is 131 Å². The maximum absolute atomic E-state index is 12.7. The van der Waals surface area contributed by atoms with E-state index in [1.54, 1.807) is 19.1 Å². The van der Waals surface area contributed by atoms with Crippen molar-refractivity contribution in [2.45, 2.75) is 23.9 Å². The van der Waals surface area contributed by atoms with Crippen LogP contribution in [0, 0.1) is 18.3 Å². The molecule has 0 aliphatic carbocycles. The summed E-state index contributed by atoms with van der Waals surface area (Å²) in [5.74, 6) is -0.508. The predicted molar refractivity (Wildman–Crippen MR) is 131 cm³/mol. The van der Waals surface area contributed by atoms with Crippen molar-refractivity contribution in [2.75, 3.05) is 18.2 Å². The monoisotopic (exact) mass is 516 g/mol. The molecule has 3 rings (SSSR count). The molecule has 0 unspecified atom stereocenters. The van der Waals surface area contributed by atoms with Gasteiger partial charge in [-0.3, -0.25) is 10.1 Å². The highest BCUT2D eigenvalue weighted by Crippen LogP contribution is 2.32. The summed E-state index contributed by atoms with van der Waals surface area (Å²) in [5.41, 5.74) is 1.18. The molecule has 1 N–H and O–H groups in total. The van der Waals surface area contributed by atoms with E-state index in [0.29, 0.717) is 10.7 Å². The number of rotatable bonds is 9. The van der Waals surface area contributed by atoms with E-state index >= 15 is 0 Å². The highest BCUT2D eigenvalue weighted by molar-refractivity contribution is 7.98. The zero-order valence-electron chi connectivity index (χ0n) is 18.4. The number of anilines is 1. The maximum Gasteiger partial charge on any atom is 0.339 e. The van der Waals surface area contributed by atoms with Crippen molar-refractivity contribution in [3.63, 3.8) is 0 Å². The minimum absolute atomic E-state index is 0.00858. The fourth-order valence-corrected chi connectivity index (χ4v) is 4.71. The van der Waals surface area contributed by atoms with Crippen molar-refractivity contribution in [1.29, 1.82) is 5.26 Å². The van der Waals surface area contributed by atoms with Gasteiger partial charge >= 0.3 is 10.1 Å². The average molecular weight is 517 g/mol. The summed E-state index contributed by atoms with van der Waals surface area (Å²) in [5, 5.41) is 12.8. The molecular weight excluding hydrogens is 496 g/mol. The van der Waals surface area contributed by atoms with E-state index in [9.17, 15) is 18.5 Å². The first-order valence-electron chi connectivity index (χ1n) is 9.84. The van der Waals surface area contributed by atoms with Crippen LogP contribution in [0.25, 0.3) is 6.08 Å². The number of nitrogens with zero attached hydrogens (tertiary/aromatic N) is 3. The zero-order valence-corrected chi connectivity index (χ0v) is 20.9. The molecule has 34 heavy (non-hydrogen) atoms. The lowest BCUT2D eigenvalue weighted by Crippen LogP contribution is -2.13. The van der Waals surface area contributed by atoms with E-state index in [0.717, 1.165) is 17.1 Å². The first-order chi connectivity index (χ1) is 16.2. The van der Waals surface area contributed by atoms with E-state index in [2.05, 4.69) is 14.7 Å². The van der Waals surface area contributed by atoms with Gasteiger partial charge in [0.2, 0.25) is 10.3 Å². The van der Waals surface area contributed by atoms with Crippen LogP contribution in [0.3, 0.4) is 0 Å². The van der Waals surface area contributed by atoms with Gasteiger partial charge in [0.15, 0.2) is 11.5 Å². The Kier molecular flexibility index (Phi) is 8.27. The molecule has 0 saturated heterocycles. The van der Waals surface area contributed by atoms with Crippen LogP contribution >= 0.6 is 23.3 Å². The number of thioether (sulfide) groups is 1. The lowest BCUT2D eigenvalue weighted by molar-refractivity contribution is -0.112. The Balaban J connectivity index is 1.85. The molecule has 1 amide bonds. The van der Waals surface area contributed by atoms with Crippen molar-refractivity contribution < 1.29 is 22.1 Å². The van der Waals surface area contributed by atoms with Crippen LogP contribution in [0.15, 0.2) is 58.1 Å². The summed E-state index contributed by atoms with van der Waals surface area (Å²) < 4.78 is 40.2. The van der Waals surface area contributed by atoms with Gasteiger partial charge in [-0.25, -0.2) is 0 Å². The Labute approximate surface area is 205 Å². The number of benzene rings is 2. The maximum atomic E-state index is 12.7. The Bertz CT molecular complexity index is 1360. The van der Waals surface area contributed by atoms with Crippen LogP contribution in [-0.4, -0.2) is 36.5 Å². The largest absolute Gasteiger partial charge is 0.490 e. The van der Waals surface area contributed by atoms with E-state index in [1.165, 1.54) is 48.2 Å². The van der Waals surface area contributed by atoms with Crippen LogP contribution in [0.5, 0.6) is 11.5 Å². The number of hydrogen-bond acceptors (Lipinski definition) is 10. The number of aryl methyl sites for hydroxylation is 1. The summed E-state index contributed by atoms with van der Waals surface area (Å²) in [4.78, 5) is 16.6. The molecule has 0 radical (unpaired) electrons. The molecule has 3 aromatic rings. The molecule has 1 heterocycles. The number of nitrogens with one attached hydrogen (secondary N) is 1. The smallest absolute Gasteiger partial charge is 0.339 e. The molecule has 0 spiro atoms. The van der Waals surface area contributed by atoms with E-state index in [-0.39, 0.29) is 33.7 Å². The average Bonchev–Trinajstić information content (AvgIpc) is 3.26. The number of hydrogen-bond donors (Lipinski definition) is 1. The minimum atomic E-state index is -4.09. The van der Waals surface area contributed by atoms with Crippen LogP contribution in [-0.2, 0) is 14.9 Å². The summed E-state index contributed by atoms with van der Waals surface area (Å²) in [6.45, 7) is 3.83. The molecule has 0 bridgehead atoms. The van der Waals surface area contributed by atoms with Crippen LogP contribution in [0.2, 0.25) is 0 Å². The summed E-state index contributed by atoms with van der Waals surface area (Å²) in [6.07, 6.45) is 3.16. The molecule has 12 heteroatoms. The molecule has 1 aromatic heterocycles. The van der Waals surface area contributed by atoms with Crippen molar-refractivity contribution in [1.82, 2.24) is 9.36 Å². The Hall–Kier alpha value is -3.40. The van der Waals surface area contributed by atoms with Crippen molar-refractivity contribution in [3.05, 3.63) is 59.2 Å². The van der Waals surface area contributed by atoms with E-state index < -0.39 is 16.0 Å². The highest BCUT2D eigenvalue weighted by Gasteiger charge is 2.20. The molecule has 176 valence electrons. The fraction of sp³-hybridized carbons (Fsp3) is 0.182. The van der Waals surface area contributed by atoms with Crippen LogP contribution in [0.1, 0.15) is 18.1 Å². The van der Waals surface area contributed by atoms with E-state index in [1.807, 2.05) is 19.2 Å². The van der Waals surface area contributed by atoms with Gasteiger partial charge < -0.3 is 8.92 Å². The number of ether oxygens (including phenoxy) is 1. The normalized spacial score (nSPS) is 11.5. The molecule has 0 atom stereocenters. The second-order valence-corrected chi connectivity index (χ2v) is 9.77. The van der Waals surface area contributed by atoms with Gasteiger partial charge in [0.1, 0.15) is 16.5 Å². The second-order valence-electron chi connectivity index (χ2n) is 6.70. The summed E-state index contributed by atoms with van der Waals surface area (Å²) in [7, 11) is -4.09. The zero-order chi connectivity index (χ0) is 24.7. The molecule has 0 aliphatic rings. The highest BCUT2D eigenvalue weighted by atomic mass is 32.2. The van der Waals surface area contributed by atoms with Crippen LogP contribution < -0.4 is 14.2 Å². The third-order valence-corrected chi connectivity index (χ3v) is 6.81. The van der Waals surface area contributed by atoms with Crippen molar-refractivity contribution in [2.24, 2.45) is 0 Å². The Morgan fingerprint density at radius 2 is 1.97 bits per heavy atom. The van der Waals surface area contributed by atoms with Gasteiger partial charge in [0, 0.05) is 11.5 Å². The minimum Gasteiger partial charge on any atom is -0.490 e. The quantitative estimate of drug-likeness (QED) is 0.191. The van der Waals surface area contributed by atoms with Gasteiger partial charge in [0.05, 0.1) is 6.61 Å². The standard InChI is InChI=1S/C22H20N4O5S3/c1-4-30-19-12-15(11-16(13-23)20(27)24-21-25-22(32-3)26-33-21)7-10-18(19)31-34(28,29)17-8-5-14(2)6-9-17/h5-12H,4H2,1-3H3,(H,24,25,26,27)/b16-11-. The first-order valence-corrected chi connectivity index (χ1v) is 13.2. The molecule has 0 fully saturated rings. The molecule has 2 aromatic carbocycles. The molecule has 0 aliphatic heterocycles. The third kappa shape index (κ3) is 6.34. The number of carbonyl (C=O) groups is 1. The summed E-state index contributed by atoms with van der Waals surface area (Å²) >= 11 is 2.34. The third-order valence-electron chi connectivity index (χ3n) is 4.26. The van der Waals surface area contributed by atoms with Gasteiger partial charge in [-0.05, 0) is 56.0 Å². The lowest BCUT2D eigenvalue weighted by Gasteiger charge is -2.13. The number of carbonyl (C=O) groups excluding carboxylic acids is 1. The van der Waals surface area contributed by atoms with Gasteiger partial charge in [0.25, 0.3) is 5.91 Å². The second kappa shape index (κ2) is 11.1. The van der Waals surface area contributed by atoms with Crippen molar-refractivity contribution >= 4 is 50.5 Å². The van der Waals surface area contributed by atoms with E-state index in [4.69, 9.17) is 8.92 Å². The molecule has 9 nitrogen and oxygen atoms in total. The number of amides is 1. The van der Waals surface area contributed by atoms with Crippen LogP contribution in [0.4, 0.5) is 5.13 Å². The SMILES string of the molecule is CCOc1cc(/C=C(/C#N)C(=O)Nc2nc(SC)ns2)ccc1OS(=O)(=O)c1ccc(C)cc1. The Morgan fingerprint density at radius 1 is 1.24 bits per heavy atom. The lowest BCUT2D eigenvalue weighted by atomic mass is 10.1.